The number of nitrogen functional groups attached to an aromatic ring is 1. The first-order chi connectivity index (χ1) is 8.66. The molecular weight excluding hydrogens is 234 g/mol. The van der Waals surface area contributed by atoms with Crippen molar-refractivity contribution in [3.8, 4) is 0 Å². The van der Waals surface area contributed by atoms with Gasteiger partial charge in [0, 0.05) is 25.3 Å². The lowest BCUT2D eigenvalue weighted by molar-refractivity contribution is -0.384. The van der Waals surface area contributed by atoms with Crippen molar-refractivity contribution < 1.29 is 9.66 Å². The van der Waals surface area contributed by atoms with Gasteiger partial charge < -0.3 is 15.8 Å². The van der Waals surface area contributed by atoms with Gasteiger partial charge in [-0.15, -0.1) is 0 Å². The average Bonchev–Trinajstić information content (AvgIpc) is 2.38. The quantitative estimate of drug-likeness (QED) is 0.485. The van der Waals surface area contributed by atoms with E-state index in [1.54, 1.807) is 6.07 Å². The van der Waals surface area contributed by atoms with Crippen LogP contribution in [0.5, 0.6) is 0 Å². The molecule has 1 aromatic carbocycles. The van der Waals surface area contributed by atoms with Crippen LogP contribution in [0.3, 0.4) is 0 Å². The number of hydrogen-bond acceptors (Lipinski definition) is 5. The van der Waals surface area contributed by atoms with Crippen LogP contribution in [0.25, 0.3) is 0 Å². The van der Waals surface area contributed by atoms with E-state index in [-0.39, 0.29) is 5.69 Å². The summed E-state index contributed by atoms with van der Waals surface area (Å²) in [5.41, 5.74) is 6.94. The predicted octanol–water partition coefficient (Wildman–Crippen LogP) is 2.02. The number of anilines is 2. The summed E-state index contributed by atoms with van der Waals surface area (Å²) >= 11 is 0. The molecule has 2 rings (SSSR count). The van der Waals surface area contributed by atoms with Crippen molar-refractivity contribution >= 4 is 17.1 Å². The first-order valence-corrected chi connectivity index (χ1v) is 6.02. The fraction of sp³-hybridized carbons (Fsp3) is 0.500. The van der Waals surface area contributed by atoms with Gasteiger partial charge in [-0.3, -0.25) is 10.1 Å². The molecule has 18 heavy (non-hydrogen) atoms. The molecule has 1 saturated heterocycles. The van der Waals surface area contributed by atoms with Crippen LogP contribution in [-0.4, -0.2) is 24.7 Å². The zero-order valence-electron chi connectivity index (χ0n) is 10.1. The highest BCUT2D eigenvalue weighted by Gasteiger charge is 2.14. The normalized spacial score (nSPS) is 19.4. The number of hydrogen-bond donors (Lipinski definition) is 2. The van der Waals surface area contributed by atoms with Gasteiger partial charge in [-0.05, 0) is 24.8 Å². The summed E-state index contributed by atoms with van der Waals surface area (Å²) in [4.78, 5) is 10.1. The standard InChI is InChI=1S/C12H17N3O3/c13-11-6-10(15(16)17)3-4-12(11)14-7-9-2-1-5-18-8-9/h3-4,6,9,14H,1-2,5,7-8,13H2. The van der Waals surface area contributed by atoms with Crippen molar-refractivity contribution in [3.05, 3.63) is 28.3 Å². The van der Waals surface area contributed by atoms with Gasteiger partial charge >= 0.3 is 0 Å². The summed E-state index contributed by atoms with van der Waals surface area (Å²) in [6.07, 6.45) is 2.22. The molecule has 0 saturated carbocycles. The molecule has 0 aromatic heterocycles. The molecule has 6 nitrogen and oxygen atoms in total. The molecule has 1 unspecified atom stereocenters. The summed E-state index contributed by atoms with van der Waals surface area (Å²) in [5.74, 6) is 0.480. The summed E-state index contributed by atoms with van der Waals surface area (Å²) < 4.78 is 5.39. The largest absolute Gasteiger partial charge is 0.397 e. The molecule has 1 aliphatic heterocycles. The molecule has 1 heterocycles. The smallest absolute Gasteiger partial charge is 0.271 e. The monoisotopic (exact) mass is 251 g/mol. The first-order valence-electron chi connectivity index (χ1n) is 6.02. The molecule has 0 aliphatic carbocycles. The van der Waals surface area contributed by atoms with Gasteiger partial charge in [0.15, 0.2) is 0 Å². The Morgan fingerprint density at radius 2 is 2.39 bits per heavy atom. The molecule has 0 amide bonds. The lowest BCUT2D eigenvalue weighted by Crippen LogP contribution is -2.24. The van der Waals surface area contributed by atoms with Crippen LogP contribution in [-0.2, 0) is 4.74 Å². The lowest BCUT2D eigenvalue weighted by atomic mass is 10.0. The van der Waals surface area contributed by atoms with Crippen molar-refractivity contribution in [2.75, 3.05) is 30.8 Å². The molecule has 0 bridgehead atoms. The van der Waals surface area contributed by atoms with E-state index in [9.17, 15) is 10.1 Å². The molecular formula is C12H17N3O3. The van der Waals surface area contributed by atoms with Gasteiger partial charge in [0.25, 0.3) is 5.69 Å². The minimum absolute atomic E-state index is 0.0130. The Morgan fingerprint density at radius 1 is 1.56 bits per heavy atom. The van der Waals surface area contributed by atoms with Crippen molar-refractivity contribution in [2.45, 2.75) is 12.8 Å². The van der Waals surface area contributed by atoms with E-state index in [0.717, 1.165) is 38.3 Å². The molecule has 1 aliphatic rings. The highest BCUT2D eigenvalue weighted by Crippen LogP contribution is 2.25. The highest BCUT2D eigenvalue weighted by molar-refractivity contribution is 5.69. The molecule has 1 fully saturated rings. The third-order valence-electron chi connectivity index (χ3n) is 3.08. The van der Waals surface area contributed by atoms with Crippen molar-refractivity contribution in [1.29, 1.82) is 0 Å². The van der Waals surface area contributed by atoms with Gasteiger partial charge in [-0.2, -0.15) is 0 Å². The van der Waals surface area contributed by atoms with Crippen molar-refractivity contribution in [1.82, 2.24) is 0 Å². The number of nitrogens with zero attached hydrogens (tertiary/aromatic N) is 1. The number of ether oxygens (including phenoxy) is 1. The van der Waals surface area contributed by atoms with Crippen LogP contribution in [0.15, 0.2) is 18.2 Å². The van der Waals surface area contributed by atoms with E-state index < -0.39 is 4.92 Å². The number of non-ortho nitro benzene ring substituents is 1. The van der Waals surface area contributed by atoms with Crippen LogP contribution >= 0.6 is 0 Å². The van der Waals surface area contributed by atoms with Gasteiger partial charge in [-0.25, -0.2) is 0 Å². The SMILES string of the molecule is Nc1cc([N+](=O)[O-])ccc1NCC1CCCOC1. The Morgan fingerprint density at radius 3 is 3.00 bits per heavy atom. The lowest BCUT2D eigenvalue weighted by Gasteiger charge is -2.23. The maximum atomic E-state index is 10.6. The fourth-order valence-electron chi connectivity index (χ4n) is 2.05. The Labute approximate surface area is 105 Å². The van der Waals surface area contributed by atoms with Gasteiger partial charge in [0.1, 0.15) is 0 Å². The van der Waals surface area contributed by atoms with Crippen LogP contribution in [0.2, 0.25) is 0 Å². The van der Waals surface area contributed by atoms with Crippen LogP contribution in [0, 0.1) is 16.0 Å². The topological polar surface area (TPSA) is 90.4 Å². The van der Waals surface area contributed by atoms with E-state index >= 15 is 0 Å². The Balaban J connectivity index is 1.94. The number of nitro groups is 1. The first kappa shape index (κ1) is 12.6. The Hall–Kier alpha value is -1.82. The van der Waals surface area contributed by atoms with E-state index in [2.05, 4.69) is 5.32 Å². The summed E-state index contributed by atoms with van der Waals surface area (Å²) in [6, 6.07) is 4.48. The van der Waals surface area contributed by atoms with Crippen LogP contribution in [0.4, 0.5) is 17.1 Å². The van der Waals surface area contributed by atoms with E-state index in [0.29, 0.717) is 11.6 Å². The van der Waals surface area contributed by atoms with Crippen LogP contribution in [0.1, 0.15) is 12.8 Å². The average molecular weight is 251 g/mol. The highest BCUT2D eigenvalue weighted by atomic mass is 16.6. The van der Waals surface area contributed by atoms with E-state index in [4.69, 9.17) is 10.5 Å². The molecule has 1 atom stereocenters. The second-order valence-corrected chi connectivity index (χ2v) is 4.49. The molecule has 0 spiro atoms. The maximum Gasteiger partial charge on any atom is 0.271 e. The van der Waals surface area contributed by atoms with Gasteiger partial charge in [0.05, 0.1) is 22.9 Å². The van der Waals surface area contributed by atoms with Gasteiger partial charge in [-0.1, -0.05) is 0 Å². The Kier molecular flexibility index (Phi) is 3.99. The third-order valence-corrected chi connectivity index (χ3v) is 3.08. The number of nitrogens with one attached hydrogen (secondary N) is 1. The second kappa shape index (κ2) is 5.68. The second-order valence-electron chi connectivity index (χ2n) is 4.49. The summed E-state index contributed by atoms with van der Waals surface area (Å²) in [5, 5.41) is 13.8. The van der Waals surface area contributed by atoms with Crippen molar-refractivity contribution in [2.24, 2.45) is 5.92 Å². The molecule has 98 valence electrons. The minimum Gasteiger partial charge on any atom is -0.397 e. The van der Waals surface area contributed by atoms with E-state index in [1.807, 2.05) is 0 Å². The number of nitrogens with two attached hydrogens (primary N) is 1. The minimum atomic E-state index is -0.449. The summed E-state index contributed by atoms with van der Waals surface area (Å²) in [6.45, 7) is 2.39. The fourth-order valence-corrected chi connectivity index (χ4v) is 2.05. The molecule has 6 heteroatoms. The Bertz CT molecular complexity index is 431. The van der Waals surface area contributed by atoms with E-state index in [1.165, 1.54) is 12.1 Å². The third kappa shape index (κ3) is 3.10. The predicted molar refractivity (Wildman–Crippen MR) is 69.5 cm³/mol. The maximum absolute atomic E-state index is 10.6. The molecule has 0 radical (unpaired) electrons. The van der Waals surface area contributed by atoms with Crippen molar-refractivity contribution in [3.63, 3.8) is 0 Å². The number of benzene rings is 1. The molecule has 1 aromatic rings. The number of rotatable bonds is 4. The summed E-state index contributed by atoms with van der Waals surface area (Å²) in [7, 11) is 0. The van der Waals surface area contributed by atoms with Gasteiger partial charge in [0.2, 0.25) is 0 Å². The molecule has 3 N–H and O–H groups in total. The zero-order chi connectivity index (χ0) is 13.0. The van der Waals surface area contributed by atoms with Crippen LogP contribution < -0.4 is 11.1 Å². The number of nitro benzene ring substituents is 1. The zero-order valence-corrected chi connectivity index (χ0v) is 10.1.